The second-order valence-electron chi connectivity index (χ2n) is 8.24. The molecule has 0 saturated heterocycles. The predicted octanol–water partition coefficient (Wildman–Crippen LogP) is 5.21. The lowest BCUT2D eigenvalue weighted by Crippen LogP contribution is -2.34. The highest BCUT2D eigenvalue weighted by Crippen LogP contribution is 2.50. The Morgan fingerprint density at radius 1 is 1.06 bits per heavy atom. The number of halogens is 1. The molecule has 10 heteroatoms. The number of ether oxygens (including phenoxy) is 3. The molecule has 8 nitrogen and oxygen atoms in total. The average molecular weight is 500 g/mol. The maximum atomic E-state index is 12.7. The number of benzene rings is 2. The molecule has 0 bridgehead atoms. The van der Waals surface area contributed by atoms with Crippen molar-refractivity contribution in [3.8, 4) is 11.5 Å². The first-order chi connectivity index (χ1) is 16.2. The van der Waals surface area contributed by atoms with Gasteiger partial charge >= 0.3 is 7.82 Å². The Balaban J connectivity index is 1.96. The normalized spacial score (nSPS) is 14.2. The number of rotatable bonds is 16. The molecule has 0 spiro atoms. The summed E-state index contributed by atoms with van der Waals surface area (Å²) in [5.74, 6) is 1.58. The van der Waals surface area contributed by atoms with Gasteiger partial charge in [0, 0.05) is 6.54 Å². The number of para-hydroxylation sites is 1. The fourth-order valence-corrected chi connectivity index (χ4v) is 4.06. The molecular weight excluding hydrogens is 464 g/mol. The van der Waals surface area contributed by atoms with Crippen molar-refractivity contribution in [1.82, 2.24) is 4.90 Å². The zero-order valence-electron chi connectivity index (χ0n) is 20.4. The number of methoxy groups -OCH3 is 1. The number of hydrogen-bond donors (Lipinski definition) is 0. The first-order valence-corrected chi connectivity index (χ1v) is 12.5. The summed E-state index contributed by atoms with van der Waals surface area (Å²) < 4.78 is 55.0. The largest absolute Gasteiger partial charge is 0.508 e. The van der Waals surface area contributed by atoms with Crippen LogP contribution in [0.3, 0.4) is 0 Å². The smallest absolute Gasteiger partial charge is 0.497 e. The summed E-state index contributed by atoms with van der Waals surface area (Å²) in [5, 5.41) is 0. The molecule has 0 N–H and O–H groups in total. The highest BCUT2D eigenvalue weighted by atomic mass is 31.2. The molecule has 0 radical (unpaired) electrons. The molecule has 0 fully saturated rings. The van der Waals surface area contributed by atoms with E-state index in [4.69, 9.17) is 23.3 Å². The number of likely N-dealkylation sites (N-methyl/N-ethyl adjacent to an activating group) is 1. The highest BCUT2D eigenvalue weighted by molar-refractivity contribution is 7.48. The van der Waals surface area contributed by atoms with Gasteiger partial charge in [-0.15, -0.1) is 0 Å². The molecule has 0 aliphatic heterocycles. The monoisotopic (exact) mass is 499 g/mol. The quantitative estimate of drug-likeness (QED) is 0.230. The second kappa shape index (κ2) is 14.4. The molecule has 0 amide bonds. The van der Waals surface area contributed by atoms with E-state index < -0.39 is 26.8 Å². The maximum absolute atomic E-state index is 12.7. The summed E-state index contributed by atoms with van der Waals surface area (Å²) in [6, 6.07) is 15.8. The minimum absolute atomic E-state index is 0.212. The average Bonchev–Trinajstić information content (AvgIpc) is 2.81. The van der Waals surface area contributed by atoms with E-state index in [1.165, 1.54) is 5.56 Å². The van der Waals surface area contributed by atoms with Crippen LogP contribution in [0.4, 0.5) is 4.53 Å². The van der Waals surface area contributed by atoms with Crippen molar-refractivity contribution in [2.75, 3.05) is 41.1 Å². The van der Waals surface area contributed by atoms with Crippen molar-refractivity contribution in [1.29, 1.82) is 0 Å². The predicted molar refractivity (Wildman–Crippen MR) is 128 cm³/mol. The topological polar surface area (TPSA) is 75.7 Å². The summed E-state index contributed by atoms with van der Waals surface area (Å²) in [7, 11) is 1.09. The first-order valence-electron chi connectivity index (χ1n) is 11.1. The second-order valence-corrected chi connectivity index (χ2v) is 9.74. The molecule has 34 heavy (non-hydrogen) atoms. The zero-order chi connectivity index (χ0) is 25.0. The Morgan fingerprint density at radius 2 is 1.82 bits per heavy atom. The molecule has 0 heterocycles. The van der Waals surface area contributed by atoms with Crippen LogP contribution in [0.2, 0.25) is 0 Å². The van der Waals surface area contributed by atoms with Crippen LogP contribution in [0.25, 0.3) is 0 Å². The van der Waals surface area contributed by atoms with Gasteiger partial charge in [0.2, 0.25) is 0 Å². The van der Waals surface area contributed by atoms with Crippen molar-refractivity contribution in [2.45, 2.75) is 38.9 Å². The number of aryl methyl sites for hydroxylation is 2. The van der Waals surface area contributed by atoms with E-state index in [0.717, 1.165) is 29.9 Å². The Labute approximate surface area is 201 Å². The number of phosphoric ester groups is 1. The van der Waals surface area contributed by atoms with Gasteiger partial charge in [0.15, 0.2) is 6.79 Å². The number of phosphoric acid groups is 1. The standard InChI is InChI=1S/C24H35FNO7P/c1-19(2)32-34(27,33-25)31-18-30-23(16-26(3)4)17-29-24-12-7-6-10-21(24)14-13-20-9-8-11-22(15-20)28-5/h6-12,15,19,23H,13-14,16-18H2,1-5H3/t23-,34?/m1/s1. The van der Waals surface area contributed by atoms with Crippen LogP contribution in [0.5, 0.6) is 11.5 Å². The molecule has 2 rings (SSSR count). The molecular formula is C24H35FNO7P. The zero-order valence-corrected chi connectivity index (χ0v) is 21.3. The molecule has 0 aliphatic rings. The molecule has 0 aliphatic carbocycles. The van der Waals surface area contributed by atoms with Crippen LogP contribution in [0, 0.1) is 0 Å². The number of hydrogen-bond acceptors (Lipinski definition) is 8. The molecule has 190 valence electrons. The van der Waals surface area contributed by atoms with Crippen molar-refractivity contribution >= 4 is 7.82 Å². The SMILES string of the molecule is COc1cccc(CCc2ccccc2OC[C@@H](CN(C)C)OCOP(=O)(OF)OC(C)C)c1. The van der Waals surface area contributed by atoms with Gasteiger partial charge in [-0.1, -0.05) is 35.1 Å². The van der Waals surface area contributed by atoms with E-state index in [2.05, 4.69) is 10.8 Å². The van der Waals surface area contributed by atoms with Gasteiger partial charge in [0.05, 0.1) is 13.2 Å². The van der Waals surface area contributed by atoms with Crippen LogP contribution in [-0.4, -0.2) is 58.3 Å². The van der Waals surface area contributed by atoms with Gasteiger partial charge < -0.3 is 19.1 Å². The lowest BCUT2D eigenvalue weighted by molar-refractivity contribution is -0.108. The van der Waals surface area contributed by atoms with Gasteiger partial charge in [-0.2, -0.15) is 0 Å². The summed E-state index contributed by atoms with van der Waals surface area (Å²) in [6.45, 7) is 3.41. The van der Waals surface area contributed by atoms with Crippen molar-refractivity contribution in [3.05, 3.63) is 59.7 Å². The Morgan fingerprint density at radius 3 is 2.50 bits per heavy atom. The van der Waals surface area contributed by atoms with Crippen LogP contribution in [0.1, 0.15) is 25.0 Å². The van der Waals surface area contributed by atoms with Gasteiger partial charge in [-0.25, -0.2) is 4.57 Å². The Bertz CT molecular complexity index is 912. The first kappa shape index (κ1) is 28.2. The maximum Gasteiger partial charge on any atom is 0.508 e. The number of nitrogens with zero attached hydrogens (tertiary/aromatic N) is 1. The molecule has 2 aromatic rings. The van der Waals surface area contributed by atoms with Crippen LogP contribution in [0.15, 0.2) is 48.5 Å². The third kappa shape index (κ3) is 10.1. The van der Waals surface area contributed by atoms with E-state index in [9.17, 15) is 9.09 Å². The summed E-state index contributed by atoms with van der Waals surface area (Å²) in [5.41, 5.74) is 2.23. The van der Waals surface area contributed by atoms with Gasteiger partial charge in [-0.3, -0.25) is 9.05 Å². The lowest BCUT2D eigenvalue weighted by Gasteiger charge is -2.23. The van der Waals surface area contributed by atoms with Crippen LogP contribution in [-0.2, 0) is 35.9 Å². The molecule has 1 unspecified atom stereocenters. The highest BCUT2D eigenvalue weighted by Gasteiger charge is 2.30. The van der Waals surface area contributed by atoms with Crippen molar-refractivity contribution in [2.24, 2.45) is 0 Å². The van der Waals surface area contributed by atoms with Gasteiger partial charge in [0.25, 0.3) is 0 Å². The lowest BCUT2D eigenvalue weighted by atomic mass is 10.0. The van der Waals surface area contributed by atoms with Crippen LogP contribution >= 0.6 is 7.82 Å². The van der Waals surface area contributed by atoms with Gasteiger partial charge in [-0.05, 0) is 74.6 Å². The molecule has 0 aromatic heterocycles. The third-order valence-corrected chi connectivity index (χ3v) is 5.99. The summed E-state index contributed by atoms with van der Waals surface area (Å²) in [4.78, 5) is 1.92. The van der Waals surface area contributed by atoms with Crippen LogP contribution < -0.4 is 9.47 Å². The summed E-state index contributed by atoms with van der Waals surface area (Å²) in [6.07, 6.45) is 0.636. The Hall–Kier alpha value is -2.00. The molecule has 2 aromatic carbocycles. The van der Waals surface area contributed by atoms with E-state index in [1.54, 1.807) is 21.0 Å². The van der Waals surface area contributed by atoms with Crippen molar-refractivity contribution < 1.29 is 37.1 Å². The minimum Gasteiger partial charge on any atom is -0.497 e. The van der Waals surface area contributed by atoms with Crippen molar-refractivity contribution in [3.63, 3.8) is 0 Å². The van der Waals surface area contributed by atoms with E-state index in [0.29, 0.717) is 6.54 Å². The fraction of sp³-hybridized carbons (Fsp3) is 0.500. The Kier molecular flexibility index (Phi) is 12.0. The van der Waals surface area contributed by atoms with E-state index >= 15 is 0 Å². The van der Waals surface area contributed by atoms with E-state index in [-0.39, 0.29) is 6.61 Å². The third-order valence-electron chi connectivity index (χ3n) is 4.72. The fourth-order valence-electron chi connectivity index (χ4n) is 3.22. The van der Waals surface area contributed by atoms with E-state index in [1.807, 2.05) is 61.5 Å². The summed E-state index contributed by atoms with van der Waals surface area (Å²) >= 11 is 0. The molecule has 0 saturated carbocycles. The minimum atomic E-state index is -4.33. The molecule has 2 atom stereocenters. The van der Waals surface area contributed by atoms with Gasteiger partial charge in [0.1, 0.15) is 24.2 Å².